The lowest BCUT2D eigenvalue weighted by atomic mass is 10.2. The average Bonchev–Trinajstić information content (AvgIpc) is 3.50. The van der Waals surface area contributed by atoms with Crippen LogP contribution >= 0.6 is 23.1 Å². The van der Waals surface area contributed by atoms with Gasteiger partial charge >= 0.3 is 0 Å². The molecular formula is C23H28N6O3S2. The summed E-state index contributed by atoms with van der Waals surface area (Å²) in [5.74, 6) is 0.456. The van der Waals surface area contributed by atoms with Crippen LogP contribution in [0.15, 0.2) is 41.0 Å². The van der Waals surface area contributed by atoms with Crippen molar-refractivity contribution in [1.29, 1.82) is 0 Å². The zero-order chi connectivity index (χ0) is 24.5. The fourth-order valence-electron chi connectivity index (χ4n) is 3.44. The van der Waals surface area contributed by atoms with Gasteiger partial charge in [-0.05, 0) is 13.0 Å². The number of aryl methyl sites for hydroxylation is 1. The van der Waals surface area contributed by atoms with Gasteiger partial charge in [0.15, 0.2) is 0 Å². The second-order valence-electron chi connectivity index (χ2n) is 8.76. The summed E-state index contributed by atoms with van der Waals surface area (Å²) in [5.41, 5.74) is 2.54. The highest BCUT2D eigenvalue weighted by atomic mass is 32.2. The SMILES string of the molecule is C[C@@H](NC(=O)c1cc(-c2cnc3cc(OCCO)c(SC(C)(C)C)cn23)nn1C)c1nccs1. The van der Waals surface area contributed by atoms with Gasteiger partial charge in [-0.2, -0.15) is 5.10 Å². The van der Waals surface area contributed by atoms with E-state index in [4.69, 9.17) is 4.74 Å². The third kappa shape index (κ3) is 5.26. The van der Waals surface area contributed by atoms with E-state index in [1.807, 2.05) is 29.0 Å². The van der Waals surface area contributed by atoms with Gasteiger partial charge in [0, 0.05) is 35.6 Å². The number of hydrogen-bond acceptors (Lipinski definition) is 8. The number of amides is 1. The van der Waals surface area contributed by atoms with Crippen LogP contribution in [0, 0.1) is 0 Å². The molecule has 0 aliphatic rings. The molecule has 0 unspecified atom stereocenters. The lowest BCUT2D eigenvalue weighted by Gasteiger charge is -2.20. The molecule has 9 nitrogen and oxygen atoms in total. The average molecular weight is 501 g/mol. The first-order valence-electron chi connectivity index (χ1n) is 10.8. The number of rotatable bonds is 8. The molecule has 180 valence electrons. The maximum atomic E-state index is 12.9. The van der Waals surface area contributed by atoms with Gasteiger partial charge in [0.25, 0.3) is 5.91 Å². The molecule has 0 radical (unpaired) electrons. The highest BCUT2D eigenvalue weighted by Gasteiger charge is 2.22. The van der Waals surface area contributed by atoms with Crippen molar-refractivity contribution in [3.63, 3.8) is 0 Å². The minimum Gasteiger partial charge on any atom is -0.490 e. The molecule has 0 aliphatic heterocycles. The monoisotopic (exact) mass is 500 g/mol. The lowest BCUT2D eigenvalue weighted by Crippen LogP contribution is -2.28. The molecule has 1 amide bonds. The van der Waals surface area contributed by atoms with Crippen molar-refractivity contribution in [2.45, 2.75) is 43.4 Å². The topological polar surface area (TPSA) is 107 Å². The van der Waals surface area contributed by atoms with Crippen LogP contribution in [0.25, 0.3) is 17.0 Å². The van der Waals surface area contributed by atoms with Gasteiger partial charge in [-0.25, -0.2) is 9.97 Å². The summed E-state index contributed by atoms with van der Waals surface area (Å²) in [4.78, 5) is 22.6. The summed E-state index contributed by atoms with van der Waals surface area (Å²) < 4.78 is 9.25. The van der Waals surface area contributed by atoms with Crippen molar-refractivity contribution in [3.05, 3.63) is 46.8 Å². The first-order chi connectivity index (χ1) is 16.2. The minimum absolute atomic E-state index is 0.0455. The Labute approximate surface area is 206 Å². The van der Waals surface area contributed by atoms with Crippen LogP contribution in [0.4, 0.5) is 0 Å². The van der Waals surface area contributed by atoms with Crippen LogP contribution in [-0.2, 0) is 7.05 Å². The van der Waals surface area contributed by atoms with E-state index in [1.54, 1.807) is 42.0 Å². The summed E-state index contributed by atoms with van der Waals surface area (Å²) >= 11 is 3.17. The number of aliphatic hydroxyl groups is 1. The van der Waals surface area contributed by atoms with Crippen LogP contribution in [0.1, 0.15) is 49.2 Å². The van der Waals surface area contributed by atoms with Crippen molar-refractivity contribution in [2.75, 3.05) is 13.2 Å². The smallest absolute Gasteiger partial charge is 0.270 e. The number of pyridine rings is 1. The molecule has 0 aromatic carbocycles. The van der Waals surface area contributed by atoms with Gasteiger partial charge in [0.2, 0.25) is 0 Å². The van der Waals surface area contributed by atoms with Crippen LogP contribution in [0.2, 0.25) is 0 Å². The van der Waals surface area contributed by atoms with Crippen molar-refractivity contribution in [2.24, 2.45) is 7.05 Å². The Morgan fingerprint density at radius 3 is 2.79 bits per heavy atom. The van der Waals surface area contributed by atoms with E-state index in [0.29, 0.717) is 22.8 Å². The number of aromatic nitrogens is 5. The number of thiazole rings is 1. The van der Waals surface area contributed by atoms with Crippen LogP contribution < -0.4 is 10.1 Å². The van der Waals surface area contributed by atoms with Gasteiger partial charge in [-0.1, -0.05) is 20.8 Å². The lowest BCUT2D eigenvalue weighted by molar-refractivity contribution is 0.0930. The summed E-state index contributed by atoms with van der Waals surface area (Å²) in [5, 5.41) is 19.5. The molecule has 0 spiro atoms. The van der Waals surface area contributed by atoms with Gasteiger partial charge in [0.1, 0.15) is 34.4 Å². The summed E-state index contributed by atoms with van der Waals surface area (Å²) in [6, 6.07) is 3.43. The minimum atomic E-state index is -0.221. The molecule has 34 heavy (non-hydrogen) atoms. The number of fused-ring (bicyclic) bond motifs is 1. The second-order valence-corrected chi connectivity index (χ2v) is 11.6. The number of nitrogens with zero attached hydrogens (tertiary/aromatic N) is 5. The molecule has 2 N–H and O–H groups in total. The van der Waals surface area contributed by atoms with E-state index in [0.717, 1.165) is 15.6 Å². The molecular weight excluding hydrogens is 472 g/mol. The number of carbonyl (C=O) groups excluding carboxylic acids is 1. The Morgan fingerprint density at radius 1 is 1.32 bits per heavy atom. The number of aliphatic hydroxyl groups excluding tert-OH is 1. The fourth-order valence-corrected chi connectivity index (χ4v) is 5.12. The van der Waals surface area contributed by atoms with Gasteiger partial charge < -0.3 is 15.2 Å². The number of thioether (sulfide) groups is 1. The zero-order valence-corrected chi connectivity index (χ0v) is 21.4. The number of imidazole rings is 1. The first kappa shape index (κ1) is 24.2. The predicted octanol–water partition coefficient (Wildman–Crippen LogP) is 3.94. The third-order valence-corrected chi connectivity index (χ3v) is 6.98. The number of nitrogens with one attached hydrogen (secondary N) is 1. The molecule has 0 bridgehead atoms. The molecule has 0 saturated heterocycles. The Bertz CT molecular complexity index is 1290. The maximum Gasteiger partial charge on any atom is 0.270 e. The molecule has 0 saturated carbocycles. The van der Waals surface area contributed by atoms with E-state index in [2.05, 4.69) is 41.2 Å². The molecule has 4 aromatic rings. The predicted molar refractivity (Wildman–Crippen MR) is 134 cm³/mol. The van der Waals surface area contributed by atoms with Crippen molar-refractivity contribution in [1.82, 2.24) is 29.5 Å². The Kier molecular flexibility index (Phi) is 6.96. The summed E-state index contributed by atoms with van der Waals surface area (Å²) in [6.07, 6.45) is 5.43. The normalized spacial score (nSPS) is 12.8. The fraction of sp³-hybridized carbons (Fsp3) is 0.391. The standard InChI is InChI=1S/C23H28N6O3S2/c1-14(22-24-6-9-33-22)26-21(31)16-10-15(27-28(16)5)17-12-25-20-11-18(32-8-7-30)19(13-29(17)20)34-23(2,3)4/h6,9-14,30H,7-8H2,1-5H3,(H,26,31)/t14-/m1/s1. The molecule has 4 aromatic heterocycles. The number of carbonyl (C=O) groups is 1. The molecule has 4 heterocycles. The summed E-state index contributed by atoms with van der Waals surface area (Å²) in [7, 11) is 1.75. The van der Waals surface area contributed by atoms with E-state index < -0.39 is 0 Å². The highest BCUT2D eigenvalue weighted by molar-refractivity contribution is 8.00. The molecule has 1 atom stereocenters. The highest BCUT2D eigenvalue weighted by Crippen LogP contribution is 2.39. The molecule has 0 fully saturated rings. The third-order valence-electron chi connectivity index (χ3n) is 4.88. The molecule has 0 aliphatic carbocycles. The van der Waals surface area contributed by atoms with E-state index >= 15 is 0 Å². The zero-order valence-electron chi connectivity index (χ0n) is 19.8. The second kappa shape index (κ2) is 9.77. The number of ether oxygens (including phenoxy) is 1. The van der Waals surface area contributed by atoms with Crippen LogP contribution in [-0.4, -0.2) is 53.1 Å². The van der Waals surface area contributed by atoms with Gasteiger partial charge in [-0.15, -0.1) is 23.1 Å². The van der Waals surface area contributed by atoms with E-state index in [1.165, 1.54) is 11.3 Å². The van der Waals surface area contributed by atoms with Crippen molar-refractivity contribution < 1.29 is 14.6 Å². The summed E-state index contributed by atoms with van der Waals surface area (Å²) in [6.45, 7) is 8.43. The number of hydrogen-bond donors (Lipinski definition) is 2. The molecule has 4 rings (SSSR count). The largest absolute Gasteiger partial charge is 0.490 e. The Hall–Kier alpha value is -2.89. The molecule has 11 heteroatoms. The van der Waals surface area contributed by atoms with Gasteiger partial charge in [0.05, 0.1) is 29.4 Å². The van der Waals surface area contributed by atoms with Crippen molar-refractivity contribution in [3.8, 4) is 17.1 Å². The Balaban J connectivity index is 1.67. The van der Waals surface area contributed by atoms with E-state index in [9.17, 15) is 9.90 Å². The Morgan fingerprint density at radius 2 is 2.12 bits per heavy atom. The quantitative estimate of drug-likeness (QED) is 0.353. The van der Waals surface area contributed by atoms with Crippen molar-refractivity contribution >= 4 is 34.7 Å². The van der Waals surface area contributed by atoms with Crippen LogP contribution in [0.5, 0.6) is 5.75 Å². The first-order valence-corrected chi connectivity index (χ1v) is 12.5. The van der Waals surface area contributed by atoms with Crippen LogP contribution in [0.3, 0.4) is 0 Å². The maximum absolute atomic E-state index is 12.9. The van der Waals surface area contributed by atoms with E-state index in [-0.39, 0.29) is 29.9 Å². The van der Waals surface area contributed by atoms with Gasteiger partial charge in [-0.3, -0.25) is 13.9 Å².